The summed E-state index contributed by atoms with van der Waals surface area (Å²) in [6.07, 6.45) is -2.71. The van der Waals surface area contributed by atoms with Crippen molar-refractivity contribution in [1.82, 2.24) is 4.98 Å². The van der Waals surface area contributed by atoms with E-state index in [9.17, 15) is 13.6 Å². The number of alkyl halides is 2. The Balaban J connectivity index is 3.25. The first kappa shape index (κ1) is 12.1. The second-order valence-electron chi connectivity index (χ2n) is 2.58. The van der Waals surface area contributed by atoms with Crippen LogP contribution >= 0.6 is 22.6 Å². The number of nitrogen functional groups attached to an aromatic ring is 1. The molecule has 0 aliphatic carbocycles. The highest BCUT2D eigenvalue weighted by Gasteiger charge is 2.20. The molecule has 0 atom stereocenters. The van der Waals surface area contributed by atoms with Crippen molar-refractivity contribution in [2.75, 3.05) is 12.8 Å². The maximum atomic E-state index is 12.5. The zero-order valence-electron chi connectivity index (χ0n) is 7.63. The maximum absolute atomic E-state index is 12.5. The van der Waals surface area contributed by atoms with Crippen molar-refractivity contribution < 1.29 is 18.3 Å². The van der Waals surface area contributed by atoms with Gasteiger partial charge in [-0.05, 0) is 28.7 Å². The van der Waals surface area contributed by atoms with E-state index in [0.717, 1.165) is 0 Å². The lowest BCUT2D eigenvalue weighted by Gasteiger charge is -2.08. The molecule has 0 aliphatic heterocycles. The van der Waals surface area contributed by atoms with Gasteiger partial charge in [0.2, 0.25) is 0 Å². The number of nitrogens with two attached hydrogens (primary N) is 1. The topological polar surface area (TPSA) is 65.2 Å². The Labute approximate surface area is 98.0 Å². The number of rotatable bonds is 2. The lowest BCUT2D eigenvalue weighted by atomic mass is 10.2. The average molecular weight is 328 g/mol. The molecule has 0 spiro atoms. The number of ether oxygens (including phenoxy) is 1. The van der Waals surface area contributed by atoms with E-state index in [0.29, 0.717) is 0 Å². The molecule has 0 fully saturated rings. The molecule has 1 aromatic heterocycles. The Bertz CT molecular complexity index is 375. The molecule has 82 valence electrons. The molecule has 0 radical (unpaired) electrons. The van der Waals surface area contributed by atoms with Gasteiger partial charge in [0.1, 0.15) is 5.82 Å². The summed E-state index contributed by atoms with van der Waals surface area (Å²) in [6.45, 7) is 0. The Kier molecular flexibility index (Phi) is 3.77. The fourth-order valence-corrected chi connectivity index (χ4v) is 1.77. The third-order valence-corrected chi connectivity index (χ3v) is 2.54. The molecular formula is C8H7F2IN2O2. The minimum absolute atomic E-state index is 0.0798. The molecule has 1 rings (SSSR count). The van der Waals surface area contributed by atoms with Crippen LogP contribution in [0.1, 0.15) is 22.5 Å². The highest BCUT2D eigenvalue weighted by Crippen LogP contribution is 2.29. The maximum Gasteiger partial charge on any atom is 0.356 e. The van der Waals surface area contributed by atoms with Crippen molar-refractivity contribution in [3.63, 3.8) is 0 Å². The first-order chi connectivity index (χ1) is 6.97. The molecule has 0 bridgehead atoms. The van der Waals surface area contributed by atoms with Crippen LogP contribution in [-0.2, 0) is 4.74 Å². The molecule has 0 amide bonds. The van der Waals surface area contributed by atoms with Crippen molar-refractivity contribution in [2.24, 2.45) is 0 Å². The van der Waals surface area contributed by atoms with E-state index in [1.54, 1.807) is 22.6 Å². The first-order valence-electron chi connectivity index (χ1n) is 3.79. The lowest BCUT2D eigenvalue weighted by molar-refractivity contribution is 0.0593. The lowest BCUT2D eigenvalue weighted by Crippen LogP contribution is -2.10. The van der Waals surface area contributed by atoms with Crippen molar-refractivity contribution in [1.29, 1.82) is 0 Å². The van der Waals surface area contributed by atoms with E-state index in [2.05, 4.69) is 9.72 Å². The van der Waals surface area contributed by atoms with Crippen molar-refractivity contribution in [2.45, 2.75) is 6.43 Å². The van der Waals surface area contributed by atoms with Crippen LogP contribution in [0.25, 0.3) is 0 Å². The van der Waals surface area contributed by atoms with Gasteiger partial charge in [-0.1, -0.05) is 0 Å². The summed E-state index contributed by atoms with van der Waals surface area (Å²) in [5.74, 6) is -1.06. The first-order valence-corrected chi connectivity index (χ1v) is 4.87. The SMILES string of the molecule is COC(=O)c1cc(I)c(C(F)F)c(N)n1. The number of pyridine rings is 1. The largest absolute Gasteiger partial charge is 0.464 e. The number of methoxy groups -OCH3 is 1. The molecule has 0 unspecified atom stereocenters. The van der Waals surface area contributed by atoms with Gasteiger partial charge in [-0.25, -0.2) is 18.6 Å². The molecule has 0 aromatic carbocycles. The number of carbonyl (C=O) groups excluding carboxylic acids is 1. The van der Waals surface area contributed by atoms with Gasteiger partial charge in [0, 0.05) is 3.57 Å². The Hall–Kier alpha value is -0.990. The van der Waals surface area contributed by atoms with Gasteiger partial charge >= 0.3 is 5.97 Å². The van der Waals surface area contributed by atoms with Crippen molar-refractivity contribution in [3.05, 3.63) is 20.9 Å². The zero-order chi connectivity index (χ0) is 11.6. The second-order valence-corrected chi connectivity index (χ2v) is 3.74. The van der Waals surface area contributed by atoms with E-state index in [1.807, 2.05) is 0 Å². The fraction of sp³-hybridized carbons (Fsp3) is 0.250. The number of esters is 1. The van der Waals surface area contributed by atoms with Gasteiger partial charge in [0.25, 0.3) is 6.43 Å². The normalized spacial score (nSPS) is 10.5. The minimum Gasteiger partial charge on any atom is -0.464 e. The Morgan fingerprint density at radius 3 is 2.67 bits per heavy atom. The van der Waals surface area contributed by atoms with Crippen LogP contribution in [0.5, 0.6) is 0 Å². The molecule has 4 nitrogen and oxygen atoms in total. The predicted molar refractivity (Wildman–Crippen MR) is 57.7 cm³/mol. The summed E-state index contributed by atoms with van der Waals surface area (Å²) in [6, 6.07) is 1.21. The summed E-state index contributed by atoms with van der Waals surface area (Å²) >= 11 is 1.67. The standard InChI is InChI=1S/C8H7F2IN2O2/c1-15-8(14)4-2-3(11)5(6(9)10)7(12)13-4/h2,6H,1H3,(H2,12,13). The Morgan fingerprint density at radius 2 is 2.27 bits per heavy atom. The van der Waals surface area contributed by atoms with Crippen LogP contribution in [0.2, 0.25) is 0 Å². The van der Waals surface area contributed by atoms with Crippen LogP contribution in [0, 0.1) is 3.57 Å². The van der Waals surface area contributed by atoms with Crippen LogP contribution in [-0.4, -0.2) is 18.1 Å². The van der Waals surface area contributed by atoms with Gasteiger partial charge < -0.3 is 10.5 Å². The third kappa shape index (κ3) is 2.52. The number of carbonyl (C=O) groups is 1. The van der Waals surface area contributed by atoms with Crippen molar-refractivity contribution >= 4 is 34.4 Å². The Morgan fingerprint density at radius 1 is 1.67 bits per heavy atom. The number of halogens is 3. The van der Waals surface area contributed by atoms with Gasteiger partial charge in [-0.2, -0.15) is 0 Å². The fourth-order valence-electron chi connectivity index (χ4n) is 0.968. The predicted octanol–water partition coefficient (Wildman–Crippen LogP) is 1.99. The van der Waals surface area contributed by atoms with E-state index in [4.69, 9.17) is 5.73 Å². The molecule has 0 aliphatic rings. The summed E-state index contributed by atoms with van der Waals surface area (Å²) in [4.78, 5) is 14.6. The summed E-state index contributed by atoms with van der Waals surface area (Å²) < 4.78 is 29.5. The van der Waals surface area contributed by atoms with Crippen LogP contribution < -0.4 is 5.73 Å². The van der Waals surface area contributed by atoms with Crippen LogP contribution in [0.4, 0.5) is 14.6 Å². The molecule has 0 saturated carbocycles. The molecule has 15 heavy (non-hydrogen) atoms. The van der Waals surface area contributed by atoms with Crippen molar-refractivity contribution in [3.8, 4) is 0 Å². The van der Waals surface area contributed by atoms with Crippen LogP contribution in [0.3, 0.4) is 0 Å². The number of hydrogen-bond donors (Lipinski definition) is 1. The quantitative estimate of drug-likeness (QED) is 0.666. The average Bonchev–Trinajstić information content (AvgIpc) is 2.14. The molecule has 1 heterocycles. The van der Waals surface area contributed by atoms with E-state index in [1.165, 1.54) is 13.2 Å². The number of anilines is 1. The molecule has 2 N–H and O–H groups in total. The van der Waals surface area contributed by atoms with Crippen LogP contribution in [0.15, 0.2) is 6.07 Å². The molecular weight excluding hydrogens is 321 g/mol. The summed E-state index contributed by atoms with van der Waals surface area (Å²) in [5.41, 5.74) is 4.87. The zero-order valence-corrected chi connectivity index (χ0v) is 9.79. The molecule has 0 saturated heterocycles. The highest BCUT2D eigenvalue weighted by atomic mass is 127. The highest BCUT2D eigenvalue weighted by molar-refractivity contribution is 14.1. The van der Waals surface area contributed by atoms with Gasteiger partial charge in [0.05, 0.1) is 12.7 Å². The van der Waals surface area contributed by atoms with Gasteiger partial charge in [0.15, 0.2) is 5.69 Å². The van der Waals surface area contributed by atoms with Gasteiger partial charge in [-0.3, -0.25) is 0 Å². The smallest absolute Gasteiger partial charge is 0.356 e. The number of nitrogens with zero attached hydrogens (tertiary/aromatic N) is 1. The number of hydrogen-bond acceptors (Lipinski definition) is 4. The van der Waals surface area contributed by atoms with E-state index < -0.39 is 12.4 Å². The summed E-state index contributed by atoms with van der Waals surface area (Å²) in [5, 5.41) is 0. The molecule has 1 aromatic rings. The second kappa shape index (κ2) is 4.69. The monoisotopic (exact) mass is 328 g/mol. The molecule has 7 heteroatoms. The third-order valence-electron chi connectivity index (χ3n) is 1.65. The minimum atomic E-state index is -2.71. The number of aromatic nitrogens is 1. The van der Waals surface area contributed by atoms with Gasteiger partial charge in [-0.15, -0.1) is 0 Å². The van der Waals surface area contributed by atoms with E-state index in [-0.39, 0.29) is 20.6 Å². The van der Waals surface area contributed by atoms with E-state index >= 15 is 0 Å². The summed E-state index contributed by atoms with van der Waals surface area (Å²) in [7, 11) is 1.17.